The molecule has 0 spiro atoms. The van der Waals surface area contributed by atoms with Gasteiger partial charge in [0.05, 0.1) is 23.4 Å². The molecule has 30 heavy (non-hydrogen) atoms. The van der Waals surface area contributed by atoms with Gasteiger partial charge in [-0.2, -0.15) is 0 Å². The second-order valence-corrected chi connectivity index (χ2v) is 8.79. The van der Waals surface area contributed by atoms with Crippen LogP contribution in [0.2, 0.25) is 5.02 Å². The minimum Gasteiger partial charge on any atom is -0.390 e. The zero-order chi connectivity index (χ0) is 21.3. The Bertz CT molecular complexity index is 1070. The number of carbonyl (C=O) groups excluding carboxylic acids is 1. The van der Waals surface area contributed by atoms with Crippen LogP contribution in [0, 0.1) is 13.3 Å². The monoisotopic (exact) mass is 443 g/mol. The minimum atomic E-state index is -0.964. The lowest BCUT2D eigenvalue weighted by molar-refractivity contribution is 0.0529. The number of carbonyl (C=O) groups is 1. The van der Waals surface area contributed by atoms with E-state index in [1.807, 2.05) is 31.2 Å². The van der Waals surface area contributed by atoms with Crippen LogP contribution in [-0.2, 0) is 6.42 Å². The lowest BCUT2D eigenvalue weighted by atomic mass is 10.1. The highest BCUT2D eigenvalue weighted by molar-refractivity contribution is 7.13. The van der Waals surface area contributed by atoms with E-state index in [1.165, 1.54) is 23.9 Å². The second kappa shape index (κ2) is 8.77. The van der Waals surface area contributed by atoms with Gasteiger partial charge in [0, 0.05) is 22.5 Å². The topological polar surface area (TPSA) is 108 Å². The van der Waals surface area contributed by atoms with Crippen LogP contribution in [-0.4, -0.2) is 49.2 Å². The third-order valence-corrected chi connectivity index (χ3v) is 6.27. The fraction of sp³-hybridized carbons (Fsp3) is 0.286. The van der Waals surface area contributed by atoms with Crippen LogP contribution in [0.4, 0.5) is 5.82 Å². The Morgan fingerprint density at radius 3 is 2.93 bits per heavy atom. The molecule has 155 valence electrons. The average molecular weight is 444 g/mol. The fourth-order valence-corrected chi connectivity index (χ4v) is 4.48. The molecule has 1 radical (unpaired) electrons. The number of benzene rings is 1. The van der Waals surface area contributed by atoms with Crippen LogP contribution < -0.4 is 5.32 Å². The molecule has 1 aromatic carbocycles. The van der Waals surface area contributed by atoms with Crippen LogP contribution in [0.15, 0.2) is 36.8 Å². The summed E-state index contributed by atoms with van der Waals surface area (Å²) in [6, 6.07) is 7.12. The molecule has 0 aliphatic heterocycles. The molecule has 9 heteroatoms. The first-order chi connectivity index (χ1) is 14.4. The molecule has 0 saturated heterocycles. The van der Waals surface area contributed by atoms with Gasteiger partial charge < -0.3 is 15.5 Å². The number of aryl methyl sites for hydroxylation is 1. The molecule has 1 aliphatic carbocycles. The highest BCUT2D eigenvalue weighted by Gasteiger charge is 2.34. The number of aliphatic hydroxyl groups is 2. The van der Waals surface area contributed by atoms with Crippen molar-refractivity contribution >= 4 is 34.5 Å². The Kier molecular flexibility index (Phi) is 6.10. The van der Waals surface area contributed by atoms with Crippen molar-refractivity contribution in [2.75, 3.05) is 5.32 Å². The van der Waals surface area contributed by atoms with Gasteiger partial charge in [0.1, 0.15) is 18.2 Å². The predicted octanol–water partition coefficient (Wildman–Crippen LogP) is 2.83. The van der Waals surface area contributed by atoms with Crippen LogP contribution in [0.25, 0.3) is 0 Å². The van der Waals surface area contributed by atoms with E-state index in [-0.39, 0.29) is 11.3 Å². The van der Waals surface area contributed by atoms with E-state index in [0.29, 0.717) is 28.7 Å². The molecule has 3 N–H and O–H groups in total. The molecular weight excluding hydrogens is 424 g/mol. The van der Waals surface area contributed by atoms with Gasteiger partial charge >= 0.3 is 0 Å². The maximum Gasteiger partial charge on any atom is 0.226 e. The fourth-order valence-electron chi connectivity index (χ4n) is 3.38. The van der Waals surface area contributed by atoms with Crippen molar-refractivity contribution in [3.05, 3.63) is 74.9 Å². The van der Waals surface area contributed by atoms with Crippen molar-refractivity contribution in [3.8, 4) is 0 Å². The van der Waals surface area contributed by atoms with Crippen LogP contribution in [0.5, 0.6) is 0 Å². The number of hydrogen-bond acceptors (Lipinski definition) is 8. The maximum atomic E-state index is 13.1. The lowest BCUT2D eigenvalue weighted by Crippen LogP contribution is -2.35. The number of rotatable bonds is 6. The van der Waals surface area contributed by atoms with E-state index in [9.17, 15) is 15.0 Å². The molecule has 1 fully saturated rings. The standard InChI is InChI=1S/C21H20ClN4O3S/c1-11-16(8-12-3-2-4-13(22)7-12)26-21(30-11)18(28)14-9-23-10-24-20(14)25-15-5-6-17(27)19(15)29/h2-4,6-7,9-10,15,17,19,27,29H,5,8H2,1H3,(H,23,24,25)/t15-,17-,19+/m1/s1. The van der Waals surface area contributed by atoms with E-state index < -0.39 is 18.2 Å². The van der Waals surface area contributed by atoms with Crippen molar-refractivity contribution in [1.29, 1.82) is 0 Å². The van der Waals surface area contributed by atoms with Gasteiger partial charge in [-0.25, -0.2) is 15.0 Å². The van der Waals surface area contributed by atoms with Crippen molar-refractivity contribution in [2.24, 2.45) is 0 Å². The molecule has 3 aromatic rings. The summed E-state index contributed by atoms with van der Waals surface area (Å²) in [5.74, 6) is 0.0198. The summed E-state index contributed by atoms with van der Waals surface area (Å²) in [5.41, 5.74) is 2.11. The molecule has 1 aliphatic rings. The van der Waals surface area contributed by atoms with Gasteiger partial charge in [-0.15, -0.1) is 11.3 Å². The van der Waals surface area contributed by atoms with Crippen LogP contribution >= 0.6 is 22.9 Å². The van der Waals surface area contributed by atoms with Crippen molar-refractivity contribution < 1.29 is 15.0 Å². The number of anilines is 1. The number of aromatic nitrogens is 3. The number of ketones is 1. The molecule has 0 amide bonds. The summed E-state index contributed by atoms with van der Waals surface area (Å²) >= 11 is 7.39. The average Bonchev–Trinajstić information content (AvgIpc) is 3.25. The zero-order valence-electron chi connectivity index (χ0n) is 16.1. The molecule has 4 rings (SSSR count). The van der Waals surface area contributed by atoms with Gasteiger partial charge in [-0.3, -0.25) is 4.79 Å². The quantitative estimate of drug-likeness (QED) is 0.502. The third-order valence-electron chi connectivity index (χ3n) is 5.02. The van der Waals surface area contributed by atoms with E-state index in [2.05, 4.69) is 20.3 Å². The zero-order valence-corrected chi connectivity index (χ0v) is 17.7. The number of nitrogens with zero attached hydrogens (tertiary/aromatic N) is 3. The Balaban J connectivity index is 1.57. The first-order valence-electron chi connectivity index (χ1n) is 9.44. The molecule has 7 nitrogen and oxygen atoms in total. The summed E-state index contributed by atoms with van der Waals surface area (Å²) in [6.07, 6.45) is 3.56. The number of thiazole rings is 1. The highest BCUT2D eigenvalue weighted by Crippen LogP contribution is 2.27. The number of aliphatic hydroxyl groups excluding tert-OH is 2. The van der Waals surface area contributed by atoms with E-state index in [0.717, 1.165) is 16.1 Å². The van der Waals surface area contributed by atoms with Gasteiger partial charge in [-0.1, -0.05) is 23.7 Å². The predicted molar refractivity (Wildman–Crippen MR) is 115 cm³/mol. The Morgan fingerprint density at radius 2 is 2.20 bits per heavy atom. The van der Waals surface area contributed by atoms with Gasteiger partial charge in [0.25, 0.3) is 0 Å². The van der Waals surface area contributed by atoms with Gasteiger partial charge in [-0.05, 0) is 37.5 Å². The van der Waals surface area contributed by atoms with Gasteiger partial charge in [0.15, 0.2) is 5.01 Å². The summed E-state index contributed by atoms with van der Waals surface area (Å²) in [7, 11) is 0. The Hall–Kier alpha value is -2.39. The largest absolute Gasteiger partial charge is 0.390 e. The first kappa shape index (κ1) is 20.9. The highest BCUT2D eigenvalue weighted by atomic mass is 35.5. The SMILES string of the molecule is Cc1sc(C(=O)c2cncnc2N[C@@H]2C[CH][C@@H](O)[C@H]2O)nc1Cc1cccc(Cl)c1. The van der Waals surface area contributed by atoms with Crippen molar-refractivity contribution in [2.45, 2.75) is 38.0 Å². The molecule has 2 heterocycles. The number of hydrogen-bond donors (Lipinski definition) is 3. The molecular formula is C21H20ClN4O3S. The molecule has 2 aromatic heterocycles. The molecule has 1 saturated carbocycles. The van der Waals surface area contributed by atoms with E-state index in [4.69, 9.17) is 11.6 Å². The van der Waals surface area contributed by atoms with Crippen molar-refractivity contribution in [3.63, 3.8) is 0 Å². The Morgan fingerprint density at radius 1 is 1.37 bits per heavy atom. The normalized spacial score (nSPS) is 21.0. The smallest absolute Gasteiger partial charge is 0.226 e. The maximum absolute atomic E-state index is 13.1. The molecule has 0 unspecified atom stereocenters. The Labute approximate surface area is 182 Å². The third kappa shape index (κ3) is 4.37. The number of halogens is 1. The van der Waals surface area contributed by atoms with E-state index in [1.54, 1.807) is 6.42 Å². The molecule has 0 bridgehead atoms. The lowest BCUT2D eigenvalue weighted by Gasteiger charge is -2.19. The van der Waals surface area contributed by atoms with E-state index >= 15 is 0 Å². The first-order valence-corrected chi connectivity index (χ1v) is 10.6. The molecule has 3 atom stereocenters. The summed E-state index contributed by atoms with van der Waals surface area (Å²) in [5, 5.41) is 23.8. The van der Waals surface area contributed by atoms with Crippen molar-refractivity contribution in [1.82, 2.24) is 15.0 Å². The van der Waals surface area contributed by atoms with Crippen LogP contribution in [0.3, 0.4) is 0 Å². The summed E-state index contributed by atoms with van der Waals surface area (Å²) in [4.78, 5) is 26.8. The second-order valence-electron chi connectivity index (χ2n) is 7.15. The van der Waals surface area contributed by atoms with Gasteiger partial charge in [0.2, 0.25) is 5.78 Å². The van der Waals surface area contributed by atoms with Crippen LogP contribution in [0.1, 0.15) is 37.9 Å². The number of nitrogens with one attached hydrogen (secondary N) is 1. The summed E-state index contributed by atoms with van der Waals surface area (Å²) < 4.78 is 0. The minimum absolute atomic E-state index is 0.272. The summed E-state index contributed by atoms with van der Waals surface area (Å²) in [6.45, 7) is 1.93.